The topological polar surface area (TPSA) is 35.8 Å². The van der Waals surface area contributed by atoms with Gasteiger partial charge in [-0.1, -0.05) is 30.3 Å². The van der Waals surface area contributed by atoms with Gasteiger partial charge in [-0.2, -0.15) is 5.26 Å². The third kappa shape index (κ3) is 3.16. The van der Waals surface area contributed by atoms with Crippen LogP contribution in [0.3, 0.4) is 0 Å². The van der Waals surface area contributed by atoms with Crippen molar-refractivity contribution in [3.8, 4) is 6.07 Å². The predicted molar refractivity (Wildman–Crippen MR) is 70.7 cm³/mol. The average Bonchev–Trinajstić information content (AvgIpc) is 2.78. The molecule has 0 aliphatic heterocycles. The van der Waals surface area contributed by atoms with E-state index in [1.807, 2.05) is 23.6 Å². The summed E-state index contributed by atoms with van der Waals surface area (Å²) in [7, 11) is 0. The van der Waals surface area contributed by atoms with Gasteiger partial charge in [-0.05, 0) is 29.5 Å². The monoisotopic (exact) mass is 242 g/mol. The van der Waals surface area contributed by atoms with Gasteiger partial charge >= 0.3 is 0 Å². The fourth-order valence-electron chi connectivity index (χ4n) is 1.67. The van der Waals surface area contributed by atoms with Crippen LogP contribution in [0.5, 0.6) is 0 Å². The van der Waals surface area contributed by atoms with Gasteiger partial charge in [0.15, 0.2) is 0 Å². The van der Waals surface area contributed by atoms with E-state index in [1.165, 1.54) is 10.4 Å². The minimum absolute atomic E-state index is 0.222. The molecule has 0 saturated heterocycles. The number of nitriles is 1. The highest BCUT2D eigenvalue weighted by molar-refractivity contribution is 7.10. The molecule has 0 saturated carbocycles. The van der Waals surface area contributed by atoms with Crippen molar-refractivity contribution in [1.82, 2.24) is 5.32 Å². The first kappa shape index (κ1) is 11.8. The van der Waals surface area contributed by atoms with E-state index in [4.69, 9.17) is 5.26 Å². The second-order valence-electron chi connectivity index (χ2n) is 3.92. The first-order valence-corrected chi connectivity index (χ1v) is 6.39. The maximum Gasteiger partial charge on any atom is 0.122 e. The van der Waals surface area contributed by atoms with Crippen molar-refractivity contribution in [2.24, 2.45) is 0 Å². The summed E-state index contributed by atoms with van der Waals surface area (Å²) in [5, 5.41) is 14.5. The van der Waals surface area contributed by atoms with E-state index in [9.17, 15) is 0 Å². The van der Waals surface area contributed by atoms with Crippen molar-refractivity contribution in [3.63, 3.8) is 0 Å². The molecular weight excluding hydrogens is 228 g/mol. The van der Waals surface area contributed by atoms with Crippen LogP contribution in [0.2, 0.25) is 0 Å². The van der Waals surface area contributed by atoms with E-state index in [0.717, 1.165) is 5.56 Å². The number of hydrogen-bond acceptors (Lipinski definition) is 3. The molecule has 2 rings (SSSR count). The molecular formula is C14H14N2S. The molecule has 17 heavy (non-hydrogen) atoms. The minimum Gasteiger partial charge on any atom is -0.294 e. The number of nitrogens with zero attached hydrogens (tertiary/aromatic N) is 1. The molecule has 0 aliphatic carbocycles. The van der Waals surface area contributed by atoms with Crippen LogP contribution in [0.15, 0.2) is 41.8 Å². The summed E-state index contributed by atoms with van der Waals surface area (Å²) in [5.74, 6) is 0. The molecule has 0 spiro atoms. The normalized spacial score (nSPS) is 12.0. The molecule has 1 atom stereocenters. The summed E-state index contributed by atoms with van der Waals surface area (Å²) in [5.41, 5.74) is 2.26. The van der Waals surface area contributed by atoms with E-state index in [-0.39, 0.29) is 6.04 Å². The number of aryl methyl sites for hydroxylation is 1. The smallest absolute Gasteiger partial charge is 0.122 e. The van der Waals surface area contributed by atoms with Crippen molar-refractivity contribution >= 4 is 11.3 Å². The number of nitrogens with one attached hydrogen (secondary N) is 1. The Bertz CT molecular complexity index is 511. The summed E-state index contributed by atoms with van der Waals surface area (Å²) in [4.78, 5) is 1.24. The Morgan fingerprint density at radius 2 is 2.12 bits per heavy atom. The van der Waals surface area contributed by atoms with E-state index in [0.29, 0.717) is 6.54 Å². The van der Waals surface area contributed by atoms with Crippen LogP contribution in [-0.4, -0.2) is 0 Å². The lowest BCUT2D eigenvalue weighted by atomic mass is 10.1. The Morgan fingerprint density at radius 1 is 1.35 bits per heavy atom. The van der Waals surface area contributed by atoms with Gasteiger partial charge in [-0.25, -0.2) is 0 Å². The van der Waals surface area contributed by atoms with Crippen molar-refractivity contribution in [2.75, 3.05) is 0 Å². The Morgan fingerprint density at radius 3 is 2.71 bits per heavy atom. The molecule has 0 fully saturated rings. The zero-order chi connectivity index (χ0) is 12.1. The second-order valence-corrected chi connectivity index (χ2v) is 5.03. The van der Waals surface area contributed by atoms with E-state index in [1.54, 1.807) is 11.3 Å². The van der Waals surface area contributed by atoms with Gasteiger partial charge in [-0.15, -0.1) is 11.3 Å². The van der Waals surface area contributed by atoms with Crippen molar-refractivity contribution in [2.45, 2.75) is 19.5 Å². The zero-order valence-corrected chi connectivity index (χ0v) is 10.5. The molecule has 1 heterocycles. The van der Waals surface area contributed by atoms with Gasteiger partial charge in [0, 0.05) is 11.4 Å². The molecule has 0 bridgehead atoms. The van der Waals surface area contributed by atoms with Crippen LogP contribution >= 0.6 is 11.3 Å². The highest BCUT2D eigenvalue weighted by Crippen LogP contribution is 2.20. The third-order valence-electron chi connectivity index (χ3n) is 2.57. The number of benzene rings is 1. The van der Waals surface area contributed by atoms with Crippen LogP contribution in [0.4, 0.5) is 0 Å². The molecule has 2 aromatic rings. The lowest BCUT2D eigenvalue weighted by molar-refractivity contribution is 0.632. The standard InChI is InChI=1S/C14H14N2S/c1-11-7-13(10-17-11)14(8-15)16-9-12-5-3-2-4-6-12/h2-7,10,14,16H,9H2,1H3. The summed E-state index contributed by atoms with van der Waals surface area (Å²) < 4.78 is 0. The fourth-order valence-corrected chi connectivity index (χ4v) is 2.40. The van der Waals surface area contributed by atoms with Gasteiger partial charge in [-0.3, -0.25) is 5.32 Å². The summed E-state index contributed by atoms with van der Waals surface area (Å²) in [6.45, 7) is 2.77. The Hall–Kier alpha value is -1.63. The molecule has 1 aromatic heterocycles. The number of rotatable bonds is 4. The van der Waals surface area contributed by atoms with E-state index >= 15 is 0 Å². The number of hydrogen-bond donors (Lipinski definition) is 1. The Labute approximate surface area is 106 Å². The van der Waals surface area contributed by atoms with Gasteiger partial charge in [0.1, 0.15) is 6.04 Å². The SMILES string of the molecule is Cc1cc(C(C#N)NCc2ccccc2)cs1. The predicted octanol–water partition coefficient (Wildman–Crippen LogP) is 3.41. The maximum atomic E-state index is 9.16. The molecule has 1 N–H and O–H groups in total. The molecule has 2 nitrogen and oxygen atoms in total. The Balaban J connectivity index is 2.00. The number of thiophene rings is 1. The highest BCUT2D eigenvalue weighted by Gasteiger charge is 2.10. The summed E-state index contributed by atoms with van der Waals surface area (Å²) in [6, 6.07) is 14.3. The molecule has 1 aromatic carbocycles. The zero-order valence-electron chi connectivity index (χ0n) is 9.68. The molecule has 0 aliphatic rings. The van der Waals surface area contributed by atoms with E-state index < -0.39 is 0 Å². The molecule has 3 heteroatoms. The van der Waals surface area contributed by atoms with Gasteiger partial charge in [0.2, 0.25) is 0 Å². The average molecular weight is 242 g/mol. The molecule has 0 amide bonds. The molecule has 1 unspecified atom stereocenters. The van der Waals surface area contributed by atoms with Crippen molar-refractivity contribution in [3.05, 3.63) is 57.8 Å². The van der Waals surface area contributed by atoms with E-state index in [2.05, 4.69) is 36.5 Å². The van der Waals surface area contributed by atoms with Crippen LogP contribution in [-0.2, 0) is 6.54 Å². The van der Waals surface area contributed by atoms with Crippen LogP contribution in [0.25, 0.3) is 0 Å². The lowest BCUT2D eigenvalue weighted by Gasteiger charge is -2.09. The summed E-state index contributed by atoms with van der Waals surface area (Å²) in [6.07, 6.45) is 0. The minimum atomic E-state index is -0.222. The van der Waals surface area contributed by atoms with Crippen LogP contribution in [0, 0.1) is 18.3 Å². The van der Waals surface area contributed by atoms with Gasteiger partial charge in [0.25, 0.3) is 0 Å². The second kappa shape index (κ2) is 5.62. The van der Waals surface area contributed by atoms with Crippen molar-refractivity contribution in [1.29, 1.82) is 5.26 Å². The maximum absolute atomic E-state index is 9.16. The van der Waals surface area contributed by atoms with Gasteiger partial charge < -0.3 is 0 Å². The lowest BCUT2D eigenvalue weighted by Crippen LogP contribution is -2.18. The van der Waals surface area contributed by atoms with Crippen LogP contribution in [0.1, 0.15) is 22.0 Å². The fraction of sp³-hybridized carbons (Fsp3) is 0.214. The first-order chi connectivity index (χ1) is 8.29. The molecule has 86 valence electrons. The summed E-state index contributed by atoms with van der Waals surface area (Å²) >= 11 is 1.68. The third-order valence-corrected chi connectivity index (χ3v) is 3.45. The quantitative estimate of drug-likeness (QED) is 0.891. The largest absolute Gasteiger partial charge is 0.294 e. The van der Waals surface area contributed by atoms with Gasteiger partial charge in [0.05, 0.1) is 6.07 Å². The Kier molecular flexibility index (Phi) is 3.92. The first-order valence-electron chi connectivity index (χ1n) is 5.51. The molecule has 0 radical (unpaired) electrons. The van der Waals surface area contributed by atoms with Crippen molar-refractivity contribution < 1.29 is 0 Å². The highest BCUT2D eigenvalue weighted by atomic mass is 32.1. The van der Waals surface area contributed by atoms with Crippen LogP contribution < -0.4 is 5.32 Å².